The molecule has 2 aromatic rings. The molecule has 120 valence electrons. The summed E-state index contributed by atoms with van der Waals surface area (Å²) in [5.74, 6) is 0.482. The monoisotopic (exact) mass is 395 g/mol. The van der Waals surface area contributed by atoms with Crippen LogP contribution in [0.2, 0.25) is 5.02 Å². The summed E-state index contributed by atoms with van der Waals surface area (Å²) in [4.78, 5) is 19.2. The lowest BCUT2D eigenvalue weighted by Crippen LogP contribution is -2.28. The molecule has 0 saturated carbocycles. The Morgan fingerprint density at radius 1 is 1.39 bits per heavy atom. The lowest BCUT2D eigenvalue weighted by atomic mass is 10.2. The first-order chi connectivity index (χ1) is 10.9. The van der Waals surface area contributed by atoms with Crippen molar-refractivity contribution in [2.24, 2.45) is 0 Å². The van der Waals surface area contributed by atoms with Crippen molar-refractivity contribution in [3.05, 3.63) is 51.7 Å². The molecule has 0 fully saturated rings. The molecule has 1 atom stereocenters. The fourth-order valence-electron chi connectivity index (χ4n) is 1.73. The highest BCUT2D eigenvalue weighted by atomic mass is 79.9. The first-order valence-corrected chi connectivity index (χ1v) is 8.01. The van der Waals surface area contributed by atoms with Crippen LogP contribution in [0, 0.1) is 0 Å². The third-order valence-corrected chi connectivity index (χ3v) is 3.99. The fraction of sp³-hybridized carbons (Fsp3) is 0.188. The van der Waals surface area contributed by atoms with E-state index >= 15 is 0 Å². The maximum absolute atomic E-state index is 10.9. The minimum Gasteiger partial charge on any atom is -0.424 e. The van der Waals surface area contributed by atoms with Crippen molar-refractivity contribution in [3.8, 4) is 11.8 Å². The molecule has 0 radical (unpaired) electrons. The van der Waals surface area contributed by atoms with Gasteiger partial charge < -0.3 is 10.1 Å². The molecule has 23 heavy (non-hydrogen) atoms. The molecule has 7 heteroatoms. The van der Waals surface area contributed by atoms with Gasteiger partial charge in [0.25, 0.3) is 0 Å². The van der Waals surface area contributed by atoms with Crippen LogP contribution in [0.1, 0.15) is 19.4 Å². The van der Waals surface area contributed by atoms with Crippen molar-refractivity contribution in [2.45, 2.75) is 19.9 Å². The van der Waals surface area contributed by atoms with Crippen molar-refractivity contribution >= 4 is 39.5 Å². The average molecular weight is 397 g/mol. The maximum atomic E-state index is 10.9. The van der Waals surface area contributed by atoms with Crippen LogP contribution in [0.25, 0.3) is 6.08 Å². The van der Waals surface area contributed by atoms with E-state index in [1.54, 1.807) is 30.6 Å². The molecule has 5 nitrogen and oxygen atoms in total. The first kappa shape index (κ1) is 17.4. The van der Waals surface area contributed by atoms with E-state index in [1.165, 1.54) is 6.92 Å². The van der Waals surface area contributed by atoms with Gasteiger partial charge in [-0.15, -0.1) is 0 Å². The van der Waals surface area contributed by atoms with Crippen molar-refractivity contribution in [3.63, 3.8) is 0 Å². The van der Waals surface area contributed by atoms with Crippen molar-refractivity contribution in [1.82, 2.24) is 15.3 Å². The van der Waals surface area contributed by atoms with Crippen LogP contribution in [0.5, 0.6) is 11.8 Å². The van der Waals surface area contributed by atoms with Gasteiger partial charge in [-0.05, 0) is 35.0 Å². The molecular weight excluding hydrogens is 382 g/mol. The van der Waals surface area contributed by atoms with Gasteiger partial charge in [-0.1, -0.05) is 23.8 Å². The molecule has 0 spiro atoms. The van der Waals surface area contributed by atoms with Gasteiger partial charge in [0.05, 0.1) is 5.02 Å². The predicted molar refractivity (Wildman–Crippen MR) is 93.6 cm³/mol. The number of amides is 1. The smallest absolute Gasteiger partial charge is 0.321 e. The number of ether oxygens (including phenoxy) is 1. The molecule has 1 heterocycles. The highest BCUT2D eigenvalue weighted by molar-refractivity contribution is 9.10. The Balaban J connectivity index is 2.00. The summed E-state index contributed by atoms with van der Waals surface area (Å²) < 4.78 is 6.33. The van der Waals surface area contributed by atoms with Gasteiger partial charge in [0.2, 0.25) is 5.91 Å². The molecule has 0 bridgehead atoms. The number of hydrogen-bond acceptors (Lipinski definition) is 4. The van der Waals surface area contributed by atoms with Gasteiger partial charge in [-0.3, -0.25) is 4.79 Å². The summed E-state index contributed by atoms with van der Waals surface area (Å²) in [7, 11) is 0. The second-order valence-electron chi connectivity index (χ2n) is 4.83. The minimum atomic E-state index is -0.0738. The van der Waals surface area contributed by atoms with E-state index < -0.39 is 0 Å². The van der Waals surface area contributed by atoms with Gasteiger partial charge in [0.1, 0.15) is 5.75 Å². The molecule has 0 aliphatic heterocycles. The lowest BCUT2D eigenvalue weighted by molar-refractivity contribution is -0.119. The zero-order chi connectivity index (χ0) is 16.8. The van der Waals surface area contributed by atoms with Crippen LogP contribution in [-0.2, 0) is 4.79 Å². The molecule has 0 saturated heterocycles. The summed E-state index contributed by atoms with van der Waals surface area (Å²) in [6.07, 6.45) is 6.97. The third-order valence-electron chi connectivity index (χ3n) is 2.76. The molecule has 1 aromatic heterocycles. The SMILES string of the molecule is CC(=O)N[C@@H](C)/C=C/c1cnc(Oc2ccc(Br)c(Cl)c2)nc1. The van der Waals surface area contributed by atoms with Crippen LogP contribution in [0.4, 0.5) is 0 Å². The van der Waals surface area contributed by atoms with E-state index in [9.17, 15) is 4.79 Å². The van der Waals surface area contributed by atoms with E-state index in [-0.39, 0.29) is 18.0 Å². The summed E-state index contributed by atoms with van der Waals surface area (Å²) in [6, 6.07) is 5.40. The zero-order valence-electron chi connectivity index (χ0n) is 12.6. The summed E-state index contributed by atoms with van der Waals surface area (Å²) in [5, 5.41) is 3.31. The van der Waals surface area contributed by atoms with Crippen LogP contribution < -0.4 is 10.1 Å². The predicted octanol–water partition coefficient (Wildman–Crippen LogP) is 4.22. The Morgan fingerprint density at radius 2 is 2.09 bits per heavy atom. The normalized spacial score (nSPS) is 12.2. The molecule has 1 N–H and O–H groups in total. The van der Waals surface area contributed by atoms with E-state index in [2.05, 4.69) is 31.2 Å². The Kier molecular flexibility index (Phi) is 6.12. The Morgan fingerprint density at radius 3 is 2.70 bits per heavy atom. The van der Waals surface area contributed by atoms with Crippen LogP contribution in [0.15, 0.2) is 41.1 Å². The molecule has 2 rings (SSSR count). The van der Waals surface area contributed by atoms with E-state index in [4.69, 9.17) is 16.3 Å². The Hall–Kier alpha value is -1.92. The quantitative estimate of drug-likeness (QED) is 0.822. The van der Waals surface area contributed by atoms with E-state index in [0.717, 1.165) is 10.0 Å². The Bertz CT molecular complexity index is 720. The zero-order valence-corrected chi connectivity index (χ0v) is 14.9. The van der Waals surface area contributed by atoms with Gasteiger partial charge in [-0.2, -0.15) is 0 Å². The molecule has 0 aliphatic carbocycles. The third kappa shape index (κ3) is 5.65. The highest BCUT2D eigenvalue weighted by Crippen LogP contribution is 2.28. The average Bonchev–Trinajstić information content (AvgIpc) is 2.50. The van der Waals surface area contributed by atoms with E-state index in [1.807, 2.05) is 19.1 Å². The Labute approximate surface area is 147 Å². The second kappa shape index (κ2) is 8.08. The lowest BCUT2D eigenvalue weighted by Gasteiger charge is -2.06. The first-order valence-electron chi connectivity index (χ1n) is 6.84. The van der Waals surface area contributed by atoms with Crippen LogP contribution in [-0.4, -0.2) is 21.9 Å². The number of hydrogen-bond donors (Lipinski definition) is 1. The van der Waals surface area contributed by atoms with E-state index in [0.29, 0.717) is 10.8 Å². The fourth-order valence-corrected chi connectivity index (χ4v) is 2.15. The number of carbonyl (C=O) groups excluding carboxylic acids is 1. The van der Waals surface area contributed by atoms with Crippen molar-refractivity contribution in [1.29, 1.82) is 0 Å². The molecular formula is C16H15BrClN3O2. The number of aromatic nitrogens is 2. The number of halogens is 2. The van der Waals surface area contributed by atoms with Gasteiger partial charge >= 0.3 is 6.01 Å². The minimum absolute atomic E-state index is 0.0617. The van der Waals surface area contributed by atoms with Crippen molar-refractivity contribution in [2.75, 3.05) is 0 Å². The van der Waals surface area contributed by atoms with Crippen LogP contribution >= 0.6 is 27.5 Å². The number of benzene rings is 1. The van der Waals surface area contributed by atoms with Gasteiger partial charge in [0.15, 0.2) is 0 Å². The largest absolute Gasteiger partial charge is 0.424 e. The maximum Gasteiger partial charge on any atom is 0.321 e. The standard InChI is InChI=1S/C16H15BrClN3O2/c1-10(21-11(2)22)3-4-12-8-19-16(20-9-12)23-13-5-6-14(17)15(18)7-13/h3-10H,1-2H3,(H,21,22)/b4-3+/t10-/m0/s1. The van der Waals surface area contributed by atoms with Gasteiger partial charge in [-0.25, -0.2) is 9.97 Å². The number of nitrogens with zero attached hydrogens (tertiary/aromatic N) is 2. The molecule has 0 unspecified atom stereocenters. The second-order valence-corrected chi connectivity index (χ2v) is 6.09. The van der Waals surface area contributed by atoms with Crippen LogP contribution in [0.3, 0.4) is 0 Å². The summed E-state index contributed by atoms with van der Waals surface area (Å²) in [6.45, 7) is 3.36. The number of rotatable bonds is 5. The molecule has 1 amide bonds. The number of nitrogens with one attached hydrogen (secondary N) is 1. The summed E-state index contributed by atoms with van der Waals surface area (Å²) >= 11 is 9.32. The molecule has 0 aliphatic rings. The highest BCUT2D eigenvalue weighted by Gasteiger charge is 2.04. The topological polar surface area (TPSA) is 64.1 Å². The van der Waals surface area contributed by atoms with Gasteiger partial charge in [0, 0.05) is 41.5 Å². The summed E-state index contributed by atoms with van der Waals surface area (Å²) in [5.41, 5.74) is 0.809. The number of carbonyl (C=O) groups is 1. The van der Waals surface area contributed by atoms with Crippen molar-refractivity contribution < 1.29 is 9.53 Å². The molecule has 1 aromatic carbocycles.